The number of anilines is 1. The number of piperidine rings is 1. The van der Waals surface area contributed by atoms with Crippen molar-refractivity contribution in [2.45, 2.75) is 18.4 Å². The van der Waals surface area contributed by atoms with Crippen LogP contribution in [-0.4, -0.2) is 50.8 Å². The predicted molar refractivity (Wildman–Crippen MR) is 71.4 cm³/mol. The van der Waals surface area contributed by atoms with Crippen molar-refractivity contribution >= 4 is 17.8 Å². The highest BCUT2D eigenvalue weighted by atomic mass is 16.4. The van der Waals surface area contributed by atoms with E-state index < -0.39 is 17.6 Å². The summed E-state index contributed by atoms with van der Waals surface area (Å²) >= 11 is 0. The lowest BCUT2D eigenvalue weighted by atomic mass is 9.90. The van der Waals surface area contributed by atoms with E-state index in [1.54, 1.807) is 0 Å². The van der Waals surface area contributed by atoms with Gasteiger partial charge < -0.3 is 20.4 Å². The molecule has 2 amide bonds. The van der Waals surface area contributed by atoms with E-state index in [-0.39, 0.29) is 31.7 Å². The Morgan fingerprint density at radius 3 is 2.52 bits per heavy atom. The van der Waals surface area contributed by atoms with Crippen LogP contribution in [0.25, 0.3) is 0 Å². The molecule has 0 atom stereocenters. The van der Waals surface area contributed by atoms with E-state index in [2.05, 4.69) is 10.3 Å². The summed E-state index contributed by atoms with van der Waals surface area (Å²) in [5.41, 5.74) is -1.25. The maximum Gasteiger partial charge on any atom is 0.407 e. The molecule has 1 aromatic rings. The highest BCUT2D eigenvalue weighted by molar-refractivity contribution is 5.96. The molecule has 1 fully saturated rings. The number of carboxylic acid groups (broad SMARTS) is 1. The van der Waals surface area contributed by atoms with E-state index in [9.17, 15) is 14.7 Å². The SMILES string of the molecule is N#Cc1ccc(NC(=O)C2(O)CCN(C(=O)O)CC2)nc1. The molecule has 3 N–H and O–H groups in total. The molecule has 0 unspecified atom stereocenters. The Hall–Kier alpha value is -2.66. The number of nitriles is 1. The molecule has 1 saturated heterocycles. The molecule has 1 aliphatic heterocycles. The Morgan fingerprint density at radius 2 is 2.05 bits per heavy atom. The third kappa shape index (κ3) is 3.27. The van der Waals surface area contributed by atoms with Crippen LogP contribution >= 0.6 is 0 Å². The van der Waals surface area contributed by atoms with Gasteiger partial charge in [-0.3, -0.25) is 4.79 Å². The van der Waals surface area contributed by atoms with Gasteiger partial charge in [-0.2, -0.15) is 5.26 Å². The number of hydrogen-bond acceptors (Lipinski definition) is 5. The van der Waals surface area contributed by atoms with Gasteiger partial charge in [0.1, 0.15) is 17.5 Å². The second kappa shape index (κ2) is 5.76. The number of hydrogen-bond donors (Lipinski definition) is 3. The number of nitrogens with one attached hydrogen (secondary N) is 1. The highest BCUT2D eigenvalue weighted by Gasteiger charge is 2.40. The highest BCUT2D eigenvalue weighted by Crippen LogP contribution is 2.23. The normalized spacial score (nSPS) is 16.9. The fraction of sp³-hybridized carbons (Fsp3) is 0.385. The van der Waals surface area contributed by atoms with Gasteiger partial charge in [0.05, 0.1) is 5.56 Å². The maximum absolute atomic E-state index is 12.1. The second-order valence-electron chi connectivity index (χ2n) is 4.80. The molecule has 2 rings (SSSR count). The van der Waals surface area contributed by atoms with Crippen molar-refractivity contribution in [3.05, 3.63) is 23.9 Å². The average Bonchev–Trinajstić information content (AvgIpc) is 2.48. The lowest BCUT2D eigenvalue weighted by Gasteiger charge is -2.35. The third-order valence-corrected chi connectivity index (χ3v) is 3.42. The van der Waals surface area contributed by atoms with Crippen LogP contribution in [0.2, 0.25) is 0 Å². The minimum atomic E-state index is -1.61. The lowest BCUT2D eigenvalue weighted by Crippen LogP contribution is -2.52. The summed E-state index contributed by atoms with van der Waals surface area (Å²) in [4.78, 5) is 27.9. The van der Waals surface area contributed by atoms with Gasteiger partial charge in [-0.15, -0.1) is 0 Å². The fourth-order valence-electron chi connectivity index (χ4n) is 2.06. The first-order valence-corrected chi connectivity index (χ1v) is 6.32. The fourth-order valence-corrected chi connectivity index (χ4v) is 2.06. The zero-order valence-corrected chi connectivity index (χ0v) is 11.1. The van der Waals surface area contributed by atoms with Crippen LogP contribution in [0.4, 0.5) is 10.6 Å². The predicted octanol–water partition coefficient (Wildman–Crippen LogP) is 0.397. The first kappa shape index (κ1) is 14.7. The number of likely N-dealkylation sites (tertiary alicyclic amines) is 1. The molecule has 1 aliphatic rings. The molecular weight excluding hydrogens is 276 g/mol. The Labute approximate surface area is 120 Å². The van der Waals surface area contributed by atoms with Crippen molar-refractivity contribution in [2.75, 3.05) is 18.4 Å². The summed E-state index contributed by atoms with van der Waals surface area (Å²) < 4.78 is 0. The van der Waals surface area contributed by atoms with Crippen molar-refractivity contribution in [1.82, 2.24) is 9.88 Å². The van der Waals surface area contributed by atoms with Gasteiger partial charge in [0.2, 0.25) is 0 Å². The topological polar surface area (TPSA) is 127 Å². The maximum atomic E-state index is 12.1. The monoisotopic (exact) mass is 290 g/mol. The molecule has 0 spiro atoms. The summed E-state index contributed by atoms with van der Waals surface area (Å²) in [7, 11) is 0. The van der Waals surface area contributed by atoms with Gasteiger partial charge in [-0.1, -0.05) is 0 Å². The van der Waals surface area contributed by atoms with Gasteiger partial charge in [0.25, 0.3) is 5.91 Å². The van der Waals surface area contributed by atoms with Crippen LogP contribution < -0.4 is 5.32 Å². The van der Waals surface area contributed by atoms with Crippen LogP contribution in [-0.2, 0) is 4.79 Å². The van der Waals surface area contributed by atoms with E-state index >= 15 is 0 Å². The van der Waals surface area contributed by atoms with E-state index in [0.717, 1.165) is 4.90 Å². The van der Waals surface area contributed by atoms with Crippen molar-refractivity contribution in [1.29, 1.82) is 5.26 Å². The van der Waals surface area contributed by atoms with Gasteiger partial charge in [0.15, 0.2) is 0 Å². The van der Waals surface area contributed by atoms with Crippen LogP contribution in [0.3, 0.4) is 0 Å². The Morgan fingerprint density at radius 1 is 1.38 bits per heavy atom. The number of carbonyl (C=O) groups excluding carboxylic acids is 1. The Bertz CT molecular complexity index is 585. The van der Waals surface area contributed by atoms with Crippen LogP contribution in [0.1, 0.15) is 18.4 Å². The van der Waals surface area contributed by atoms with Crippen molar-refractivity contribution in [3.63, 3.8) is 0 Å². The minimum absolute atomic E-state index is 0.0292. The molecule has 0 saturated carbocycles. The smallest absolute Gasteiger partial charge is 0.407 e. The zero-order chi connectivity index (χ0) is 15.5. The summed E-state index contributed by atoms with van der Waals surface area (Å²) in [5.74, 6) is -0.391. The first-order chi connectivity index (χ1) is 9.94. The largest absolute Gasteiger partial charge is 0.465 e. The number of aromatic nitrogens is 1. The summed E-state index contributed by atoms with van der Waals surface area (Å²) in [6.45, 7) is 0.195. The molecule has 0 bridgehead atoms. The molecule has 8 nitrogen and oxygen atoms in total. The first-order valence-electron chi connectivity index (χ1n) is 6.32. The summed E-state index contributed by atoms with van der Waals surface area (Å²) in [5, 5.41) is 30.3. The van der Waals surface area contributed by atoms with Crippen LogP contribution in [0.5, 0.6) is 0 Å². The third-order valence-electron chi connectivity index (χ3n) is 3.42. The summed E-state index contributed by atoms with van der Waals surface area (Å²) in [6, 6.07) is 4.87. The molecule has 0 aromatic carbocycles. The number of aliphatic hydroxyl groups is 1. The minimum Gasteiger partial charge on any atom is -0.465 e. The number of nitrogens with zero attached hydrogens (tertiary/aromatic N) is 3. The second-order valence-corrected chi connectivity index (χ2v) is 4.80. The van der Waals surface area contributed by atoms with Crippen LogP contribution in [0.15, 0.2) is 18.3 Å². The molecular formula is C13H14N4O4. The van der Waals surface area contributed by atoms with Crippen molar-refractivity contribution < 1.29 is 19.8 Å². The molecule has 21 heavy (non-hydrogen) atoms. The average molecular weight is 290 g/mol. The van der Waals surface area contributed by atoms with Gasteiger partial charge >= 0.3 is 6.09 Å². The standard InChI is InChI=1S/C13H14N4O4/c14-7-9-1-2-10(15-8-9)16-11(18)13(21)3-5-17(6-4-13)12(19)20/h1-2,8,21H,3-6H2,(H,19,20)(H,15,16,18). The quantitative estimate of drug-likeness (QED) is 0.723. The number of rotatable bonds is 2. The Balaban J connectivity index is 1.99. The number of amides is 2. The lowest BCUT2D eigenvalue weighted by molar-refractivity contribution is -0.138. The molecule has 8 heteroatoms. The number of pyridine rings is 1. The zero-order valence-electron chi connectivity index (χ0n) is 11.1. The van der Waals surface area contributed by atoms with E-state index in [4.69, 9.17) is 10.4 Å². The van der Waals surface area contributed by atoms with Gasteiger partial charge in [0, 0.05) is 32.1 Å². The van der Waals surface area contributed by atoms with E-state index in [0.29, 0.717) is 5.56 Å². The summed E-state index contributed by atoms with van der Waals surface area (Å²) in [6.07, 6.45) is 0.307. The molecule has 0 aliphatic carbocycles. The molecule has 1 aromatic heterocycles. The molecule has 110 valence electrons. The number of carbonyl (C=O) groups is 2. The Kier molecular flexibility index (Phi) is 4.05. The van der Waals surface area contributed by atoms with E-state index in [1.165, 1.54) is 18.3 Å². The molecule has 2 heterocycles. The van der Waals surface area contributed by atoms with E-state index in [1.807, 2.05) is 6.07 Å². The van der Waals surface area contributed by atoms with Gasteiger partial charge in [-0.05, 0) is 12.1 Å². The van der Waals surface area contributed by atoms with Gasteiger partial charge in [-0.25, -0.2) is 9.78 Å². The van der Waals surface area contributed by atoms with Crippen LogP contribution in [0, 0.1) is 11.3 Å². The van der Waals surface area contributed by atoms with Crippen molar-refractivity contribution in [2.24, 2.45) is 0 Å². The molecule has 0 radical (unpaired) electrons. The van der Waals surface area contributed by atoms with Crippen molar-refractivity contribution in [3.8, 4) is 6.07 Å².